The van der Waals surface area contributed by atoms with Gasteiger partial charge in [0.05, 0.1) is 0 Å². The molecule has 2 aromatic rings. The van der Waals surface area contributed by atoms with Crippen molar-refractivity contribution in [2.24, 2.45) is 0 Å². The Kier molecular flexibility index (Phi) is 4.06. The van der Waals surface area contributed by atoms with Crippen LogP contribution in [0.3, 0.4) is 0 Å². The molecule has 0 atom stereocenters. The highest BCUT2D eigenvalue weighted by atomic mass is 14.3. The van der Waals surface area contributed by atoms with E-state index in [0.717, 1.165) is 19.3 Å². The summed E-state index contributed by atoms with van der Waals surface area (Å²) in [6.45, 7) is 4.55. The van der Waals surface area contributed by atoms with Gasteiger partial charge in [0, 0.05) is 0 Å². The molecule has 1 aliphatic rings. The fourth-order valence-corrected chi connectivity index (χ4v) is 3.36. The highest BCUT2D eigenvalue weighted by Crippen LogP contribution is 2.45. The van der Waals surface area contributed by atoms with Gasteiger partial charge in [-0.15, -0.1) is 0 Å². The van der Waals surface area contributed by atoms with Crippen LogP contribution in [-0.2, 0) is 0 Å². The molecule has 0 aliphatic heterocycles. The van der Waals surface area contributed by atoms with Gasteiger partial charge in [-0.1, -0.05) is 80.1 Å². The van der Waals surface area contributed by atoms with Crippen molar-refractivity contribution < 1.29 is 0 Å². The van der Waals surface area contributed by atoms with Crippen LogP contribution in [0, 0.1) is 0 Å². The third-order valence-corrected chi connectivity index (χ3v) is 4.37. The molecule has 0 spiro atoms. The van der Waals surface area contributed by atoms with E-state index in [1.54, 1.807) is 5.57 Å². The van der Waals surface area contributed by atoms with E-state index in [9.17, 15) is 0 Å². The molecular formula is C21H22. The first-order chi connectivity index (χ1) is 10.3. The first-order valence-corrected chi connectivity index (χ1v) is 7.90. The zero-order valence-corrected chi connectivity index (χ0v) is 12.9. The molecule has 0 aromatic heterocycles. The van der Waals surface area contributed by atoms with Crippen LogP contribution in [-0.4, -0.2) is 0 Å². The summed E-state index contributed by atoms with van der Waals surface area (Å²) >= 11 is 0. The summed E-state index contributed by atoms with van der Waals surface area (Å²) in [6.07, 6.45) is 3.33. The molecule has 1 aliphatic carbocycles. The average Bonchev–Trinajstić information content (AvgIpc) is 2.95. The van der Waals surface area contributed by atoms with Crippen molar-refractivity contribution in [1.82, 2.24) is 0 Å². The lowest BCUT2D eigenvalue weighted by molar-refractivity contribution is 1.06. The summed E-state index contributed by atoms with van der Waals surface area (Å²) in [5.74, 6) is 0. The molecular weight excluding hydrogens is 252 g/mol. The minimum atomic E-state index is 1.10. The van der Waals surface area contributed by atoms with Crippen molar-refractivity contribution in [2.75, 3.05) is 0 Å². The van der Waals surface area contributed by atoms with Crippen LogP contribution >= 0.6 is 0 Å². The Morgan fingerprint density at radius 2 is 1.29 bits per heavy atom. The SMILES string of the molecule is CCC1=C(c2ccccc2)C(CC)=C(c2ccccc2)C1. The zero-order valence-electron chi connectivity index (χ0n) is 12.9. The lowest BCUT2D eigenvalue weighted by Gasteiger charge is -2.11. The second kappa shape index (κ2) is 6.13. The Labute approximate surface area is 127 Å². The van der Waals surface area contributed by atoms with Gasteiger partial charge in [-0.3, -0.25) is 0 Å². The Balaban J connectivity index is 2.13. The summed E-state index contributed by atoms with van der Waals surface area (Å²) in [7, 11) is 0. The zero-order chi connectivity index (χ0) is 14.7. The van der Waals surface area contributed by atoms with Crippen LogP contribution in [0.15, 0.2) is 71.8 Å². The lowest BCUT2D eigenvalue weighted by Crippen LogP contribution is -1.90. The van der Waals surface area contributed by atoms with Crippen molar-refractivity contribution in [3.63, 3.8) is 0 Å². The monoisotopic (exact) mass is 274 g/mol. The second-order valence-electron chi connectivity index (χ2n) is 5.55. The van der Waals surface area contributed by atoms with E-state index in [1.165, 1.54) is 27.8 Å². The van der Waals surface area contributed by atoms with E-state index in [0.29, 0.717) is 0 Å². The van der Waals surface area contributed by atoms with Crippen molar-refractivity contribution in [2.45, 2.75) is 33.1 Å². The standard InChI is InChI=1S/C21H22/c1-3-16-15-20(17-11-7-5-8-12-17)19(4-2)21(16)18-13-9-6-10-14-18/h5-14H,3-4,15H2,1-2H3. The second-order valence-corrected chi connectivity index (χ2v) is 5.55. The van der Waals surface area contributed by atoms with E-state index in [1.807, 2.05) is 0 Å². The molecule has 0 N–H and O–H groups in total. The fourth-order valence-electron chi connectivity index (χ4n) is 3.36. The maximum atomic E-state index is 2.28. The molecule has 0 unspecified atom stereocenters. The molecule has 0 heterocycles. The lowest BCUT2D eigenvalue weighted by atomic mass is 9.93. The van der Waals surface area contributed by atoms with Crippen molar-refractivity contribution in [3.05, 3.63) is 82.9 Å². The molecule has 21 heavy (non-hydrogen) atoms. The molecule has 0 saturated heterocycles. The average molecular weight is 274 g/mol. The topological polar surface area (TPSA) is 0 Å². The van der Waals surface area contributed by atoms with Gasteiger partial charge < -0.3 is 0 Å². The highest BCUT2D eigenvalue weighted by Gasteiger charge is 2.23. The van der Waals surface area contributed by atoms with Crippen LogP contribution in [0.4, 0.5) is 0 Å². The van der Waals surface area contributed by atoms with Gasteiger partial charge in [-0.2, -0.15) is 0 Å². The van der Waals surface area contributed by atoms with Crippen molar-refractivity contribution in [3.8, 4) is 0 Å². The normalized spacial score (nSPS) is 15.0. The fraction of sp³-hybridized carbons (Fsp3) is 0.238. The summed E-state index contributed by atoms with van der Waals surface area (Å²) < 4.78 is 0. The summed E-state index contributed by atoms with van der Waals surface area (Å²) in [5, 5.41) is 0. The van der Waals surface area contributed by atoms with E-state index < -0.39 is 0 Å². The number of benzene rings is 2. The molecule has 3 rings (SSSR count). The van der Waals surface area contributed by atoms with Gasteiger partial charge in [0.2, 0.25) is 0 Å². The van der Waals surface area contributed by atoms with E-state index >= 15 is 0 Å². The molecule has 0 saturated carbocycles. The summed E-state index contributed by atoms with van der Waals surface area (Å²) in [6, 6.07) is 21.7. The molecule has 0 nitrogen and oxygen atoms in total. The Morgan fingerprint density at radius 3 is 1.81 bits per heavy atom. The third-order valence-electron chi connectivity index (χ3n) is 4.37. The number of hydrogen-bond donors (Lipinski definition) is 0. The number of rotatable bonds is 4. The third kappa shape index (κ3) is 2.58. The first kappa shape index (κ1) is 13.9. The smallest absolute Gasteiger partial charge is 0.00490 e. The summed E-state index contributed by atoms with van der Waals surface area (Å²) in [5.41, 5.74) is 8.89. The van der Waals surface area contributed by atoms with Gasteiger partial charge in [0.15, 0.2) is 0 Å². The predicted octanol–water partition coefficient (Wildman–Crippen LogP) is 6.12. The molecule has 0 heteroatoms. The van der Waals surface area contributed by atoms with Crippen LogP contribution in [0.2, 0.25) is 0 Å². The van der Waals surface area contributed by atoms with Crippen LogP contribution in [0.25, 0.3) is 11.1 Å². The van der Waals surface area contributed by atoms with E-state index in [2.05, 4.69) is 74.5 Å². The predicted molar refractivity (Wildman–Crippen MR) is 91.9 cm³/mol. The Morgan fingerprint density at radius 1 is 0.714 bits per heavy atom. The van der Waals surface area contributed by atoms with E-state index in [4.69, 9.17) is 0 Å². The molecule has 2 aromatic carbocycles. The number of allylic oxidation sites excluding steroid dienone is 4. The summed E-state index contributed by atoms with van der Waals surface area (Å²) in [4.78, 5) is 0. The van der Waals surface area contributed by atoms with Crippen LogP contribution < -0.4 is 0 Å². The Bertz CT molecular complexity index is 672. The van der Waals surface area contributed by atoms with Crippen LogP contribution in [0.5, 0.6) is 0 Å². The minimum Gasteiger partial charge on any atom is -0.0622 e. The van der Waals surface area contributed by atoms with Gasteiger partial charge in [0.25, 0.3) is 0 Å². The molecule has 0 bridgehead atoms. The van der Waals surface area contributed by atoms with Crippen LogP contribution in [0.1, 0.15) is 44.2 Å². The quantitative estimate of drug-likeness (QED) is 0.630. The van der Waals surface area contributed by atoms with E-state index in [-0.39, 0.29) is 0 Å². The minimum absolute atomic E-state index is 1.10. The molecule has 0 amide bonds. The van der Waals surface area contributed by atoms with Gasteiger partial charge >= 0.3 is 0 Å². The van der Waals surface area contributed by atoms with Gasteiger partial charge in [0.1, 0.15) is 0 Å². The largest absolute Gasteiger partial charge is 0.0622 e. The highest BCUT2D eigenvalue weighted by molar-refractivity contribution is 5.96. The number of hydrogen-bond acceptors (Lipinski definition) is 0. The van der Waals surface area contributed by atoms with Crippen molar-refractivity contribution in [1.29, 1.82) is 0 Å². The van der Waals surface area contributed by atoms with Crippen molar-refractivity contribution >= 4 is 11.1 Å². The maximum Gasteiger partial charge on any atom is -0.00490 e. The first-order valence-electron chi connectivity index (χ1n) is 7.90. The molecule has 0 fully saturated rings. The Hall–Kier alpha value is -2.08. The molecule has 0 radical (unpaired) electrons. The maximum absolute atomic E-state index is 2.28. The van der Waals surface area contributed by atoms with Gasteiger partial charge in [-0.05, 0) is 47.1 Å². The molecule has 106 valence electrons. The van der Waals surface area contributed by atoms with Gasteiger partial charge in [-0.25, -0.2) is 0 Å².